The molecule has 0 fully saturated rings. The van der Waals surface area contributed by atoms with E-state index in [4.69, 9.17) is 19.9 Å². The predicted molar refractivity (Wildman–Crippen MR) is 82.0 cm³/mol. The highest BCUT2D eigenvalue weighted by molar-refractivity contribution is 5.53. The van der Waals surface area contributed by atoms with E-state index in [2.05, 4.69) is 4.98 Å². The molecule has 0 aliphatic rings. The first-order chi connectivity index (χ1) is 10.1. The normalized spacial score (nSPS) is 10.3. The number of methoxy groups -OCH3 is 2. The molecule has 0 aliphatic heterocycles. The zero-order valence-corrected chi connectivity index (χ0v) is 12.8. The Morgan fingerprint density at radius 2 is 1.81 bits per heavy atom. The minimum atomic E-state index is 0.296. The zero-order valence-electron chi connectivity index (χ0n) is 12.8. The lowest BCUT2D eigenvalue weighted by atomic mass is 10.1. The number of nitrogens with two attached hydrogens (primary N) is 1. The van der Waals surface area contributed by atoms with Gasteiger partial charge in [0.2, 0.25) is 0 Å². The Morgan fingerprint density at radius 3 is 2.48 bits per heavy atom. The van der Waals surface area contributed by atoms with Crippen LogP contribution in [0.4, 0.5) is 5.69 Å². The Kier molecular flexibility index (Phi) is 4.52. The van der Waals surface area contributed by atoms with Crippen LogP contribution in [0.25, 0.3) is 0 Å². The highest BCUT2D eigenvalue weighted by Crippen LogP contribution is 2.31. The van der Waals surface area contributed by atoms with Gasteiger partial charge in [0.15, 0.2) is 11.5 Å². The van der Waals surface area contributed by atoms with Crippen molar-refractivity contribution < 1.29 is 14.2 Å². The molecule has 1 heterocycles. The summed E-state index contributed by atoms with van der Waals surface area (Å²) in [6.07, 6.45) is 1.67. The number of rotatable bonds is 5. The Bertz CT molecular complexity index is 642. The monoisotopic (exact) mass is 288 g/mol. The Labute approximate surface area is 124 Å². The van der Waals surface area contributed by atoms with E-state index in [9.17, 15) is 0 Å². The SMILES string of the molecule is COc1ccnc(COc2cc(C)c(N)cc2C)c1OC. The van der Waals surface area contributed by atoms with Gasteiger partial charge in [-0.2, -0.15) is 0 Å². The maximum absolute atomic E-state index is 5.88. The summed E-state index contributed by atoms with van der Waals surface area (Å²) in [4.78, 5) is 4.29. The number of anilines is 1. The lowest BCUT2D eigenvalue weighted by molar-refractivity contribution is 0.283. The van der Waals surface area contributed by atoms with Crippen LogP contribution < -0.4 is 19.9 Å². The number of hydrogen-bond acceptors (Lipinski definition) is 5. The Morgan fingerprint density at radius 1 is 1.05 bits per heavy atom. The van der Waals surface area contributed by atoms with Gasteiger partial charge in [0, 0.05) is 18.0 Å². The van der Waals surface area contributed by atoms with E-state index >= 15 is 0 Å². The first-order valence-corrected chi connectivity index (χ1v) is 6.62. The molecule has 2 N–H and O–H groups in total. The third kappa shape index (κ3) is 3.18. The first-order valence-electron chi connectivity index (χ1n) is 6.62. The fourth-order valence-corrected chi connectivity index (χ4v) is 2.07. The minimum Gasteiger partial charge on any atom is -0.493 e. The molecule has 0 amide bonds. The molecule has 0 saturated carbocycles. The molecule has 0 aliphatic carbocycles. The highest BCUT2D eigenvalue weighted by atomic mass is 16.5. The molecule has 21 heavy (non-hydrogen) atoms. The highest BCUT2D eigenvalue weighted by Gasteiger charge is 2.12. The molecule has 0 spiro atoms. The van der Waals surface area contributed by atoms with E-state index in [1.54, 1.807) is 26.5 Å². The van der Waals surface area contributed by atoms with Crippen LogP contribution in [0.1, 0.15) is 16.8 Å². The van der Waals surface area contributed by atoms with E-state index in [1.807, 2.05) is 26.0 Å². The summed E-state index contributed by atoms with van der Waals surface area (Å²) in [5, 5.41) is 0. The van der Waals surface area contributed by atoms with Gasteiger partial charge in [-0.25, -0.2) is 0 Å². The van der Waals surface area contributed by atoms with Crippen molar-refractivity contribution in [2.75, 3.05) is 20.0 Å². The van der Waals surface area contributed by atoms with Crippen LogP contribution in [0.2, 0.25) is 0 Å². The molecule has 2 rings (SSSR count). The fraction of sp³-hybridized carbons (Fsp3) is 0.312. The largest absolute Gasteiger partial charge is 0.493 e. The fourth-order valence-electron chi connectivity index (χ4n) is 2.07. The standard InChI is InChI=1S/C16H20N2O3/c1-10-8-15(11(2)7-12(10)17)21-9-13-16(20-4)14(19-3)5-6-18-13/h5-8H,9,17H2,1-4H3. The van der Waals surface area contributed by atoms with E-state index in [0.29, 0.717) is 23.8 Å². The van der Waals surface area contributed by atoms with E-state index < -0.39 is 0 Å². The molecule has 0 radical (unpaired) electrons. The maximum atomic E-state index is 5.88. The molecule has 0 atom stereocenters. The number of aromatic nitrogens is 1. The van der Waals surface area contributed by atoms with Crippen LogP contribution in [0.3, 0.4) is 0 Å². The average molecular weight is 288 g/mol. The number of nitrogens with zero attached hydrogens (tertiary/aromatic N) is 1. The Hall–Kier alpha value is -2.43. The molecule has 2 aromatic rings. The molecule has 5 nitrogen and oxygen atoms in total. The van der Waals surface area contributed by atoms with Gasteiger partial charge in [0.25, 0.3) is 0 Å². The summed E-state index contributed by atoms with van der Waals surface area (Å²) in [6, 6.07) is 5.58. The summed E-state index contributed by atoms with van der Waals surface area (Å²) in [5.74, 6) is 2.01. The number of hydrogen-bond donors (Lipinski definition) is 1. The molecule has 0 saturated heterocycles. The van der Waals surface area contributed by atoms with Gasteiger partial charge in [0.1, 0.15) is 18.1 Å². The van der Waals surface area contributed by atoms with Gasteiger partial charge >= 0.3 is 0 Å². The summed E-state index contributed by atoms with van der Waals surface area (Å²) in [5.41, 5.74) is 9.30. The van der Waals surface area contributed by atoms with Crippen molar-refractivity contribution in [2.45, 2.75) is 20.5 Å². The molecule has 1 aromatic carbocycles. The number of benzene rings is 1. The van der Waals surface area contributed by atoms with Crippen molar-refractivity contribution in [2.24, 2.45) is 0 Å². The van der Waals surface area contributed by atoms with Crippen LogP contribution in [0.15, 0.2) is 24.4 Å². The predicted octanol–water partition coefficient (Wildman–Crippen LogP) is 2.88. The van der Waals surface area contributed by atoms with Crippen molar-refractivity contribution in [3.8, 4) is 17.2 Å². The summed E-state index contributed by atoms with van der Waals surface area (Å²) in [7, 11) is 3.18. The van der Waals surface area contributed by atoms with Crippen LogP contribution >= 0.6 is 0 Å². The van der Waals surface area contributed by atoms with Crippen molar-refractivity contribution in [1.29, 1.82) is 0 Å². The lowest BCUT2D eigenvalue weighted by Crippen LogP contribution is -2.04. The Balaban J connectivity index is 2.22. The van der Waals surface area contributed by atoms with E-state index in [1.165, 1.54) is 0 Å². The van der Waals surface area contributed by atoms with Crippen LogP contribution in [-0.2, 0) is 6.61 Å². The van der Waals surface area contributed by atoms with Crippen molar-refractivity contribution in [3.63, 3.8) is 0 Å². The van der Waals surface area contributed by atoms with Crippen LogP contribution in [0, 0.1) is 13.8 Å². The number of nitrogen functional groups attached to an aromatic ring is 1. The summed E-state index contributed by atoms with van der Waals surface area (Å²) >= 11 is 0. The second kappa shape index (κ2) is 6.35. The summed E-state index contributed by atoms with van der Waals surface area (Å²) < 4.78 is 16.4. The van der Waals surface area contributed by atoms with Crippen LogP contribution in [0.5, 0.6) is 17.2 Å². The quantitative estimate of drug-likeness (QED) is 0.857. The van der Waals surface area contributed by atoms with Gasteiger partial charge in [-0.15, -0.1) is 0 Å². The number of pyridine rings is 1. The molecular formula is C16H20N2O3. The van der Waals surface area contributed by atoms with Gasteiger partial charge in [-0.05, 0) is 37.1 Å². The van der Waals surface area contributed by atoms with Crippen molar-refractivity contribution >= 4 is 5.69 Å². The third-order valence-corrected chi connectivity index (χ3v) is 3.29. The molecule has 112 valence electrons. The van der Waals surface area contributed by atoms with Gasteiger partial charge < -0.3 is 19.9 Å². The molecule has 0 bridgehead atoms. The zero-order chi connectivity index (χ0) is 15.4. The van der Waals surface area contributed by atoms with Gasteiger partial charge in [-0.3, -0.25) is 4.98 Å². The minimum absolute atomic E-state index is 0.296. The maximum Gasteiger partial charge on any atom is 0.185 e. The number of ether oxygens (including phenoxy) is 3. The average Bonchev–Trinajstić information content (AvgIpc) is 2.49. The second-order valence-electron chi connectivity index (χ2n) is 4.76. The molecular weight excluding hydrogens is 268 g/mol. The third-order valence-electron chi connectivity index (χ3n) is 3.29. The smallest absolute Gasteiger partial charge is 0.185 e. The second-order valence-corrected chi connectivity index (χ2v) is 4.76. The molecule has 5 heteroatoms. The molecule has 0 unspecified atom stereocenters. The van der Waals surface area contributed by atoms with Crippen molar-refractivity contribution in [3.05, 3.63) is 41.2 Å². The molecule has 1 aromatic heterocycles. The topological polar surface area (TPSA) is 66.6 Å². The summed E-state index contributed by atoms with van der Waals surface area (Å²) in [6.45, 7) is 4.21. The first kappa shape index (κ1) is 15.0. The number of aryl methyl sites for hydroxylation is 2. The van der Waals surface area contributed by atoms with Gasteiger partial charge in [0.05, 0.1) is 14.2 Å². The lowest BCUT2D eigenvalue weighted by Gasteiger charge is -2.14. The van der Waals surface area contributed by atoms with Gasteiger partial charge in [-0.1, -0.05) is 0 Å². The van der Waals surface area contributed by atoms with Crippen LogP contribution in [-0.4, -0.2) is 19.2 Å². The van der Waals surface area contributed by atoms with E-state index in [0.717, 1.165) is 22.6 Å². The van der Waals surface area contributed by atoms with Crippen molar-refractivity contribution in [1.82, 2.24) is 4.98 Å². The van der Waals surface area contributed by atoms with E-state index in [-0.39, 0.29) is 0 Å².